The second-order valence-electron chi connectivity index (χ2n) is 6.02. The highest BCUT2D eigenvalue weighted by Gasteiger charge is 2.20. The summed E-state index contributed by atoms with van der Waals surface area (Å²) in [7, 11) is 1.74. The van der Waals surface area contributed by atoms with E-state index in [0.29, 0.717) is 24.1 Å². The number of thiophene rings is 1. The van der Waals surface area contributed by atoms with Crippen LogP contribution in [0.25, 0.3) is 0 Å². The number of hydrogen-bond acceptors (Lipinski definition) is 3. The smallest absolute Gasteiger partial charge is 0.191 e. The lowest BCUT2D eigenvalue weighted by Gasteiger charge is -2.33. The molecule has 4 nitrogen and oxygen atoms in total. The van der Waals surface area contributed by atoms with Crippen molar-refractivity contribution in [2.24, 2.45) is 4.99 Å². The van der Waals surface area contributed by atoms with Crippen molar-refractivity contribution in [1.82, 2.24) is 10.6 Å². The largest absolute Gasteiger partial charge is 0.363 e. The van der Waals surface area contributed by atoms with Crippen molar-refractivity contribution in [2.45, 2.75) is 25.4 Å². The minimum Gasteiger partial charge on any atom is -0.363 e. The van der Waals surface area contributed by atoms with E-state index in [0.717, 1.165) is 30.4 Å². The van der Waals surface area contributed by atoms with Gasteiger partial charge in [-0.2, -0.15) is 0 Å². The van der Waals surface area contributed by atoms with E-state index in [1.54, 1.807) is 30.5 Å². The molecule has 25 heavy (non-hydrogen) atoms. The summed E-state index contributed by atoms with van der Waals surface area (Å²) in [6.45, 7) is 2.48. The molecule has 0 amide bonds. The van der Waals surface area contributed by atoms with E-state index < -0.39 is 0 Å². The number of piperidine rings is 1. The molecule has 3 rings (SSSR count). The number of halogens is 2. The Morgan fingerprint density at radius 1 is 1.36 bits per heavy atom. The van der Waals surface area contributed by atoms with Crippen molar-refractivity contribution >= 4 is 38.2 Å². The maximum atomic E-state index is 13.8. The highest BCUT2D eigenvalue weighted by Crippen LogP contribution is 2.24. The fraction of sp³-hybridized carbons (Fsp3) is 0.389. The Labute approximate surface area is 160 Å². The average molecular weight is 425 g/mol. The van der Waals surface area contributed by atoms with Crippen LogP contribution in [0, 0.1) is 5.82 Å². The van der Waals surface area contributed by atoms with Crippen LogP contribution in [0.4, 0.5) is 9.39 Å². The van der Waals surface area contributed by atoms with Crippen LogP contribution in [0.1, 0.15) is 18.4 Å². The molecule has 0 spiro atoms. The Kier molecular flexibility index (Phi) is 6.31. The average Bonchev–Trinajstić information content (AvgIpc) is 3.16. The highest BCUT2D eigenvalue weighted by molar-refractivity contribution is 9.10. The molecular weight excluding hydrogens is 403 g/mol. The fourth-order valence-corrected chi connectivity index (χ4v) is 4.13. The molecule has 1 aliphatic heterocycles. The lowest BCUT2D eigenvalue weighted by Crippen LogP contribution is -2.48. The van der Waals surface area contributed by atoms with Gasteiger partial charge in [0, 0.05) is 42.8 Å². The Hall–Kier alpha value is -1.60. The van der Waals surface area contributed by atoms with Crippen LogP contribution in [0.15, 0.2) is 45.2 Å². The monoisotopic (exact) mass is 424 g/mol. The molecule has 0 bridgehead atoms. The summed E-state index contributed by atoms with van der Waals surface area (Å²) >= 11 is 5.17. The molecule has 2 aromatic rings. The zero-order valence-corrected chi connectivity index (χ0v) is 16.5. The van der Waals surface area contributed by atoms with Crippen molar-refractivity contribution in [3.8, 4) is 0 Å². The summed E-state index contributed by atoms with van der Waals surface area (Å²) in [5.41, 5.74) is 0.616. The maximum Gasteiger partial charge on any atom is 0.191 e. The number of benzene rings is 1. The zero-order valence-electron chi connectivity index (χ0n) is 14.1. The Morgan fingerprint density at radius 3 is 2.84 bits per heavy atom. The van der Waals surface area contributed by atoms with Crippen molar-refractivity contribution in [1.29, 1.82) is 0 Å². The third kappa shape index (κ3) is 4.95. The molecule has 2 heterocycles. The van der Waals surface area contributed by atoms with Gasteiger partial charge >= 0.3 is 0 Å². The number of anilines is 1. The molecule has 0 atom stereocenters. The summed E-state index contributed by atoms with van der Waals surface area (Å²) < 4.78 is 14.7. The van der Waals surface area contributed by atoms with Crippen LogP contribution in [-0.2, 0) is 6.54 Å². The number of aliphatic imine (C=N–C) groups is 1. The fourth-order valence-electron chi connectivity index (χ4n) is 2.94. The predicted octanol–water partition coefficient (Wildman–Crippen LogP) is 3.98. The van der Waals surface area contributed by atoms with Gasteiger partial charge in [0.25, 0.3) is 0 Å². The standard InChI is InChI=1S/C18H22BrFN4S/c1-21-18(22-12-13-11-14(19)4-5-16(13)20)23-15-6-8-24(9-7-15)17-3-2-10-25-17/h2-5,10-11,15H,6-9,12H2,1H3,(H2,21,22,23). The van der Waals surface area contributed by atoms with Crippen LogP contribution >= 0.6 is 27.3 Å². The van der Waals surface area contributed by atoms with E-state index in [9.17, 15) is 4.39 Å². The van der Waals surface area contributed by atoms with Gasteiger partial charge in [-0.05, 0) is 48.6 Å². The first-order chi connectivity index (χ1) is 12.2. The van der Waals surface area contributed by atoms with Gasteiger partial charge in [0.05, 0.1) is 5.00 Å². The molecule has 7 heteroatoms. The van der Waals surface area contributed by atoms with E-state index in [1.807, 2.05) is 0 Å². The summed E-state index contributed by atoms with van der Waals surface area (Å²) in [6.07, 6.45) is 2.12. The molecular formula is C18H22BrFN4S. The molecule has 0 saturated carbocycles. The van der Waals surface area contributed by atoms with Gasteiger partial charge in [0.1, 0.15) is 5.82 Å². The SMILES string of the molecule is CN=C(NCc1cc(Br)ccc1F)NC1CCN(c2cccs2)CC1. The molecule has 1 aliphatic rings. The van der Waals surface area contributed by atoms with Crippen molar-refractivity contribution in [3.05, 3.63) is 51.6 Å². The minimum atomic E-state index is -0.213. The molecule has 1 aromatic carbocycles. The van der Waals surface area contributed by atoms with Gasteiger partial charge in [-0.25, -0.2) is 4.39 Å². The number of rotatable bonds is 4. The normalized spacial score (nSPS) is 16.1. The second kappa shape index (κ2) is 8.67. The third-order valence-electron chi connectivity index (χ3n) is 4.33. The van der Waals surface area contributed by atoms with Crippen molar-refractivity contribution < 1.29 is 4.39 Å². The first-order valence-corrected chi connectivity index (χ1v) is 10.0. The third-order valence-corrected chi connectivity index (χ3v) is 5.75. The molecule has 0 radical (unpaired) electrons. The minimum absolute atomic E-state index is 0.213. The quantitative estimate of drug-likeness (QED) is 0.575. The predicted molar refractivity (Wildman–Crippen MR) is 107 cm³/mol. The van der Waals surface area contributed by atoms with Crippen LogP contribution in [0.3, 0.4) is 0 Å². The lowest BCUT2D eigenvalue weighted by molar-refractivity contribution is 0.462. The van der Waals surface area contributed by atoms with Gasteiger partial charge < -0.3 is 15.5 Å². The van der Waals surface area contributed by atoms with Crippen molar-refractivity contribution in [3.63, 3.8) is 0 Å². The number of nitrogens with zero attached hydrogens (tertiary/aromatic N) is 2. The molecule has 2 N–H and O–H groups in total. The first kappa shape index (κ1) is 18.2. The van der Waals surface area contributed by atoms with E-state index in [1.165, 1.54) is 11.1 Å². The van der Waals surface area contributed by atoms with E-state index in [2.05, 4.69) is 54.0 Å². The maximum absolute atomic E-state index is 13.8. The van der Waals surface area contributed by atoms with Gasteiger partial charge in [-0.1, -0.05) is 15.9 Å². The Morgan fingerprint density at radius 2 is 2.16 bits per heavy atom. The summed E-state index contributed by atoms with van der Waals surface area (Å²) in [5, 5.41) is 10.1. The Balaban J connectivity index is 1.49. The topological polar surface area (TPSA) is 39.7 Å². The molecule has 1 saturated heterocycles. The summed E-state index contributed by atoms with van der Waals surface area (Å²) in [5.74, 6) is 0.504. The molecule has 1 aromatic heterocycles. The molecule has 1 fully saturated rings. The van der Waals surface area contributed by atoms with E-state index in [-0.39, 0.29) is 5.82 Å². The van der Waals surface area contributed by atoms with Crippen LogP contribution in [0.5, 0.6) is 0 Å². The van der Waals surface area contributed by atoms with Gasteiger partial charge in [-0.15, -0.1) is 11.3 Å². The molecule has 134 valence electrons. The summed E-state index contributed by atoms with van der Waals surface area (Å²) in [6, 6.07) is 9.61. The van der Waals surface area contributed by atoms with Crippen LogP contribution < -0.4 is 15.5 Å². The van der Waals surface area contributed by atoms with E-state index in [4.69, 9.17) is 0 Å². The first-order valence-electron chi connectivity index (χ1n) is 8.35. The Bertz CT molecular complexity index is 712. The summed E-state index contributed by atoms with van der Waals surface area (Å²) in [4.78, 5) is 6.69. The van der Waals surface area contributed by atoms with Crippen LogP contribution in [-0.4, -0.2) is 32.1 Å². The second-order valence-corrected chi connectivity index (χ2v) is 7.86. The van der Waals surface area contributed by atoms with E-state index >= 15 is 0 Å². The van der Waals surface area contributed by atoms with Crippen molar-refractivity contribution in [2.75, 3.05) is 25.0 Å². The number of guanidine groups is 1. The zero-order chi connectivity index (χ0) is 17.6. The van der Waals surface area contributed by atoms with Gasteiger partial charge in [0.2, 0.25) is 0 Å². The lowest BCUT2D eigenvalue weighted by atomic mass is 10.1. The van der Waals surface area contributed by atoms with Crippen LogP contribution in [0.2, 0.25) is 0 Å². The number of hydrogen-bond donors (Lipinski definition) is 2. The van der Waals surface area contributed by atoms with Gasteiger partial charge in [-0.3, -0.25) is 4.99 Å². The molecule has 0 unspecified atom stereocenters. The van der Waals surface area contributed by atoms with Gasteiger partial charge in [0.15, 0.2) is 5.96 Å². The molecule has 0 aliphatic carbocycles. The highest BCUT2D eigenvalue weighted by atomic mass is 79.9. The number of nitrogens with one attached hydrogen (secondary N) is 2.